The minimum atomic E-state index is -0.257. The average Bonchev–Trinajstić information content (AvgIpc) is 2.97. The second-order valence-corrected chi connectivity index (χ2v) is 5.60. The molecule has 108 valence electrons. The lowest BCUT2D eigenvalue weighted by Crippen LogP contribution is -1.90. The Morgan fingerprint density at radius 2 is 2.00 bits per heavy atom. The topological polar surface area (TPSA) is 56.0 Å². The van der Waals surface area contributed by atoms with E-state index in [0.717, 1.165) is 5.56 Å². The summed E-state index contributed by atoms with van der Waals surface area (Å²) in [6.07, 6.45) is 5.15. The molecule has 0 unspecified atom stereocenters. The predicted octanol–water partition coefficient (Wildman–Crippen LogP) is 3.10. The van der Waals surface area contributed by atoms with Crippen LogP contribution in [0.25, 0.3) is 16.7 Å². The van der Waals surface area contributed by atoms with Crippen molar-refractivity contribution in [1.29, 1.82) is 0 Å². The minimum absolute atomic E-state index is 0.257. The Morgan fingerprint density at radius 3 is 2.91 bits per heavy atom. The molecule has 1 aromatic carbocycles. The molecule has 22 heavy (non-hydrogen) atoms. The summed E-state index contributed by atoms with van der Waals surface area (Å²) in [5.41, 5.74) is 1.63. The SMILES string of the molecule is Fc1ccc(CSc2nc3ncccn3n2)c2ncccc12. The highest BCUT2D eigenvalue weighted by Crippen LogP contribution is 2.26. The highest BCUT2D eigenvalue weighted by Gasteiger charge is 2.09. The number of halogens is 1. The second-order valence-electron chi connectivity index (χ2n) is 4.65. The normalized spacial score (nSPS) is 11.3. The fourth-order valence-electron chi connectivity index (χ4n) is 2.23. The number of pyridine rings is 1. The number of nitrogens with zero attached hydrogens (tertiary/aromatic N) is 5. The largest absolute Gasteiger partial charge is 0.256 e. The van der Waals surface area contributed by atoms with E-state index in [0.29, 0.717) is 27.6 Å². The zero-order valence-electron chi connectivity index (χ0n) is 11.3. The molecule has 0 aliphatic rings. The van der Waals surface area contributed by atoms with Crippen LogP contribution in [-0.2, 0) is 5.75 Å². The van der Waals surface area contributed by atoms with E-state index in [4.69, 9.17) is 0 Å². The first-order valence-electron chi connectivity index (χ1n) is 6.63. The summed E-state index contributed by atoms with van der Waals surface area (Å²) in [6, 6.07) is 8.49. The van der Waals surface area contributed by atoms with E-state index in [-0.39, 0.29) is 5.82 Å². The third-order valence-corrected chi connectivity index (χ3v) is 4.14. The highest BCUT2D eigenvalue weighted by atomic mass is 32.2. The van der Waals surface area contributed by atoms with Gasteiger partial charge in [-0.2, -0.15) is 4.98 Å². The molecule has 0 saturated carbocycles. The first-order valence-corrected chi connectivity index (χ1v) is 7.62. The molecule has 0 bridgehead atoms. The Bertz CT molecular complexity index is 935. The first kappa shape index (κ1) is 13.1. The summed E-state index contributed by atoms with van der Waals surface area (Å²) >= 11 is 1.47. The maximum Gasteiger partial charge on any atom is 0.253 e. The van der Waals surface area contributed by atoms with Crippen LogP contribution in [-0.4, -0.2) is 24.6 Å². The Morgan fingerprint density at radius 1 is 1.09 bits per heavy atom. The minimum Gasteiger partial charge on any atom is -0.256 e. The van der Waals surface area contributed by atoms with Crippen molar-refractivity contribution in [2.45, 2.75) is 10.9 Å². The molecule has 4 aromatic rings. The molecular formula is C15H10FN5S. The van der Waals surface area contributed by atoms with Crippen molar-refractivity contribution in [3.05, 3.63) is 60.3 Å². The third kappa shape index (κ3) is 2.29. The van der Waals surface area contributed by atoms with Gasteiger partial charge in [0, 0.05) is 29.7 Å². The molecule has 0 amide bonds. The standard InChI is InChI=1S/C15H10FN5S/c16-12-5-4-10(13-11(12)3-1-6-17-13)9-22-15-19-14-18-7-2-8-21(14)20-15/h1-8H,9H2. The lowest BCUT2D eigenvalue weighted by molar-refractivity contribution is 0.639. The van der Waals surface area contributed by atoms with Gasteiger partial charge in [0.2, 0.25) is 5.16 Å². The Balaban J connectivity index is 1.65. The molecular weight excluding hydrogens is 301 g/mol. The maximum absolute atomic E-state index is 13.8. The van der Waals surface area contributed by atoms with Crippen LogP contribution in [0, 0.1) is 5.82 Å². The molecule has 0 radical (unpaired) electrons. The van der Waals surface area contributed by atoms with Crippen molar-refractivity contribution >= 4 is 28.4 Å². The van der Waals surface area contributed by atoms with Crippen LogP contribution in [0.1, 0.15) is 5.56 Å². The number of thioether (sulfide) groups is 1. The summed E-state index contributed by atoms with van der Waals surface area (Å²) in [7, 11) is 0. The van der Waals surface area contributed by atoms with Crippen LogP contribution in [0.2, 0.25) is 0 Å². The fraction of sp³-hybridized carbons (Fsp3) is 0.0667. The van der Waals surface area contributed by atoms with Gasteiger partial charge in [0.15, 0.2) is 0 Å². The van der Waals surface area contributed by atoms with Gasteiger partial charge in [-0.25, -0.2) is 13.9 Å². The van der Waals surface area contributed by atoms with Crippen molar-refractivity contribution in [3.63, 3.8) is 0 Å². The van der Waals surface area contributed by atoms with Crippen molar-refractivity contribution in [2.24, 2.45) is 0 Å². The summed E-state index contributed by atoms with van der Waals surface area (Å²) in [5.74, 6) is 0.920. The lowest BCUT2D eigenvalue weighted by atomic mass is 10.1. The molecule has 3 heterocycles. The smallest absolute Gasteiger partial charge is 0.253 e. The van der Waals surface area contributed by atoms with E-state index in [1.165, 1.54) is 17.8 Å². The van der Waals surface area contributed by atoms with E-state index in [2.05, 4.69) is 20.1 Å². The second kappa shape index (κ2) is 5.34. The van der Waals surface area contributed by atoms with Crippen LogP contribution >= 0.6 is 11.8 Å². The molecule has 0 N–H and O–H groups in total. The number of hydrogen-bond acceptors (Lipinski definition) is 5. The number of benzene rings is 1. The van der Waals surface area contributed by atoms with Crippen LogP contribution < -0.4 is 0 Å². The van der Waals surface area contributed by atoms with Crippen LogP contribution in [0.4, 0.5) is 4.39 Å². The van der Waals surface area contributed by atoms with Gasteiger partial charge >= 0.3 is 0 Å². The van der Waals surface area contributed by atoms with Crippen LogP contribution in [0.15, 0.2) is 54.1 Å². The van der Waals surface area contributed by atoms with Crippen molar-refractivity contribution in [1.82, 2.24) is 24.6 Å². The van der Waals surface area contributed by atoms with Crippen molar-refractivity contribution in [3.8, 4) is 0 Å². The molecule has 0 saturated heterocycles. The molecule has 0 aliphatic heterocycles. The van der Waals surface area contributed by atoms with Gasteiger partial charge < -0.3 is 0 Å². The van der Waals surface area contributed by atoms with Gasteiger partial charge in [-0.1, -0.05) is 17.8 Å². The molecule has 7 heteroatoms. The fourth-order valence-corrected chi connectivity index (χ4v) is 3.04. The molecule has 0 spiro atoms. The van der Waals surface area contributed by atoms with Gasteiger partial charge in [-0.15, -0.1) is 5.10 Å². The Kier molecular flexibility index (Phi) is 3.19. The zero-order chi connectivity index (χ0) is 14.9. The van der Waals surface area contributed by atoms with Gasteiger partial charge in [0.1, 0.15) is 5.82 Å². The predicted molar refractivity (Wildman–Crippen MR) is 82.0 cm³/mol. The zero-order valence-corrected chi connectivity index (χ0v) is 12.2. The first-order chi connectivity index (χ1) is 10.8. The monoisotopic (exact) mass is 311 g/mol. The number of aromatic nitrogens is 5. The van der Waals surface area contributed by atoms with Gasteiger partial charge in [-0.05, 0) is 29.8 Å². The van der Waals surface area contributed by atoms with E-state index in [1.807, 2.05) is 0 Å². The number of hydrogen-bond donors (Lipinski definition) is 0. The molecule has 3 aromatic heterocycles. The summed E-state index contributed by atoms with van der Waals surface area (Å²) < 4.78 is 15.4. The van der Waals surface area contributed by atoms with E-state index < -0.39 is 0 Å². The molecule has 0 atom stereocenters. The average molecular weight is 311 g/mol. The van der Waals surface area contributed by atoms with Crippen molar-refractivity contribution < 1.29 is 4.39 Å². The summed E-state index contributed by atoms with van der Waals surface area (Å²) in [4.78, 5) is 12.8. The highest BCUT2D eigenvalue weighted by molar-refractivity contribution is 7.98. The van der Waals surface area contributed by atoms with E-state index in [1.54, 1.807) is 47.4 Å². The maximum atomic E-state index is 13.8. The van der Waals surface area contributed by atoms with Crippen LogP contribution in [0.3, 0.4) is 0 Å². The molecule has 4 rings (SSSR count). The summed E-state index contributed by atoms with van der Waals surface area (Å²) in [6.45, 7) is 0. The van der Waals surface area contributed by atoms with Gasteiger partial charge in [0.25, 0.3) is 5.78 Å². The molecule has 5 nitrogen and oxygen atoms in total. The van der Waals surface area contributed by atoms with E-state index in [9.17, 15) is 4.39 Å². The van der Waals surface area contributed by atoms with Crippen LogP contribution in [0.5, 0.6) is 0 Å². The quantitative estimate of drug-likeness (QED) is 0.544. The molecule has 0 fully saturated rings. The van der Waals surface area contributed by atoms with Gasteiger partial charge in [0.05, 0.1) is 5.52 Å². The molecule has 0 aliphatic carbocycles. The third-order valence-electron chi connectivity index (χ3n) is 3.25. The number of fused-ring (bicyclic) bond motifs is 2. The Labute approximate surface area is 129 Å². The van der Waals surface area contributed by atoms with E-state index >= 15 is 0 Å². The lowest BCUT2D eigenvalue weighted by Gasteiger charge is -2.04. The number of rotatable bonds is 3. The summed E-state index contributed by atoms with van der Waals surface area (Å²) in [5, 5.41) is 5.50. The van der Waals surface area contributed by atoms with Crippen molar-refractivity contribution in [2.75, 3.05) is 0 Å². The van der Waals surface area contributed by atoms with Gasteiger partial charge in [-0.3, -0.25) is 4.98 Å². The Hall–Kier alpha value is -2.54.